The fraction of sp³-hybridized carbons (Fsp3) is 0.889. The van der Waals surface area contributed by atoms with Gasteiger partial charge < -0.3 is 4.90 Å². The van der Waals surface area contributed by atoms with Gasteiger partial charge in [0.15, 0.2) is 5.82 Å². The van der Waals surface area contributed by atoms with E-state index in [1.165, 1.54) is 0 Å². The molecule has 5 nitrogen and oxygen atoms in total. The maximum Gasteiger partial charge on any atom is 0.156 e. The molecule has 1 heterocycles. The fourth-order valence-electron chi connectivity index (χ4n) is 1.19. The molecule has 0 atom stereocenters. The van der Waals surface area contributed by atoms with Crippen LogP contribution in [0.5, 0.6) is 0 Å². The van der Waals surface area contributed by atoms with E-state index in [1.807, 2.05) is 18.8 Å². The summed E-state index contributed by atoms with van der Waals surface area (Å²) in [6.07, 6.45) is 0. The molecule has 5 heteroatoms. The van der Waals surface area contributed by atoms with Crippen molar-refractivity contribution in [2.75, 3.05) is 20.6 Å². The highest BCUT2D eigenvalue weighted by Gasteiger charge is 2.21. The van der Waals surface area contributed by atoms with Crippen molar-refractivity contribution >= 4 is 0 Å². The van der Waals surface area contributed by atoms with Gasteiger partial charge in [-0.25, -0.2) is 4.68 Å². The molecule has 0 aliphatic rings. The summed E-state index contributed by atoms with van der Waals surface area (Å²) in [5.41, 5.74) is 0.00973. The topological polar surface area (TPSA) is 46.8 Å². The summed E-state index contributed by atoms with van der Waals surface area (Å²) in [7, 11) is 4.09. The molecule has 1 aromatic heterocycles. The third-order valence-corrected chi connectivity index (χ3v) is 1.96. The van der Waals surface area contributed by atoms with Crippen LogP contribution in [0.2, 0.25) is 0 Å². The second-order valence-electron chi connectivity index (χ2n) is 4.78. The van der Waals surface area contributed by atoms with E-state index in [2.05, 4.69) is 41.2 Å². The predicted octanol–water partition coefficient (Wildman–Crippen LogP) is 0.532. The zero-order valence-corrected chi connectivity index (χ0v) is 9.65. The Morgan fingerprint density at radius 3 is 2.43 bits per heavy atom. The average Bonchev–Trinajstić information content (AvgIpc) is 2.46. The van der Waals surface area contributed by atoms with E-state index in [-0.39, 0.29) is 5.41 Å². The Balaban J connectivity index is 2.73. The van der Waals surface area contributed by atoms with Crippen LogP contribution in [0, 0.1) is 0 Å². The van der Waals surface area contributed by atoms with E-state index in [0.29, 0.717) is 0 Å². The first-order valence-electron chi connectivity index (χ1n) is 4.82. The SMILES string of the molecule is CN(C)CCn1nnnc1C(C)(C)C. The van der Waals surface area contributed by atoms with E-state index < -0.39 is 0 Å². The molecular formula is C9H19N5. The number of rotatable bonds is 3. The molecule has 14 heavy (non-hydrogen) atoms. The van der Waals surface area contributed by atoms with Gasteiger partial charge in [0.05, 0.1) is 6.54 Å². The van der Waals surface area contributed by atoms with Crippen LogP contribution in [0.4, 0.5) is 0 Å². The number of nitrogens with zero attached hydrogens (tertiary/aromatic N) is 5. The zero-order chi connectivity index (χ0) is 10.8. The van der Waals surface area contributed by atoms with Gasteiger partial charge in [-0.15, -0.1) is 5.10 Å². The summed E-state index contributed by atoms with van der Waals surface area (Å²) in [5, 5.41) is 11.7. The summed E-state index contributed by atoms with van der Waals surface area (Å²) in [5.74, 6) is 0.944. The molecule has 1 rings (SSSR count). The van der Waals surface area contributed by atoms with Gasteiger partial charge in [-0.3, -0.25) is 0 Å². The lowest BCUT2D eigenvalue weighted by Gasteiger charge is -2.18. The summed E-state index contributed by atoms with van der Waals surface area (Å²) >= 11 is 0. The van der Waals surface area contributed by atoms with Crippen molar-refractivity contribution < 1.29 is 0 Å². The third-order valence-electron chi connectivity index (χ3n) is 1.96. The Hall–Kier alpha value is -0.970. The molecule has 0 unspecified atom stereocenters. The van der Waals surface area contributed by atoms with Gasteiger partial charge in [0.1, 0.15) is 0 Å². The van der Waals surface area contributed by atoms with Crippen molar-refractivity contribution in [2.45, 2.75) is 32.7 Å². The van der Waals surface area contributed by atoms with Gasteiger partial charge in [-0.2, -0.15) is 0 Å². The maximum absolute atomic E-state index is 4.05. The Morgan fingerprint density at radius 2 is 1.93 bits per heavy atom. The first-order chi connectivity index (χ1) is 6.41. The molecule has 0 aliphatic carbocycles. The van der Waals surface area contributed by atoms with Crippen LogP contribution in [0.1, 0.15) is 26.6 Å². The van der Waals surface area contributed by atoms with E-state index in [4.69, 9.17) is 0 Å². The molecule has 0 spiro atoms. The number of hydrogen-bond donors (Lipinski definition) is 0. The Kier molecular flexibility index (Phi) is 3.21. The molecule has 1 aromatic rings. The Bertz CT molecular complexity index is 284. The Morgan fingerprint density at radius 1 is 1.29 bits per heavy atom. The summed E-state index contributed by atoms with van der Waals surface area (Å²) in [6, 6.07) is 0. The van der Waals surface area contributed by atoms with Gasteiger partial charge >= 0.3 is 0 Å². The average molecular weight is 197 g/mol. The smallest absolute Gasteiger partial charge is 0.156 e. The highest BCUT2D eigenvalue weighted by atomic mass is 15.5. The van der Waals surface area contributed by atoms with Crippen molar-refractivity contribution in [3.8, 4) is 0 Å². The second-order valence-corrected chi connectivity index (χ2v) is 4.78. The Labute approximate surface area is 85.1 Å². The van der Waals surface area contributed by atoms with E-state index >= 15 is 0 Å². The van der Waals surface area contributed by atoms with Gasteiger partial charge in [0.2, 0.25) is 0 Å². The number of likely N-dealkylation sites (N-methyl/N-ethyl adjacent to an activating group) is 1. The first-order valence-corrected chi connectivity index (χ1v) is 4.82. The lowest BCUT2D eigenvalue weighted by molar-refractivity contribution is 0.356. The fourth-order valence-corrected chi connectivity index (χ4v) is 1.19. The molecule has 0 saturated carbocycles. The minimum Gasteiger partial charge on any atom is -0.308 e. The molecule has 0 aromatic carbocycles. The quantitative estimate of drug-likeness (QED) is 0.709. The maximum atomic E-state index is 4.05. The minimum absolute atomic E-state index is 0.00973. The molecule has 0 amide bonds. The van der Waals surface area contributed by atoms with Crippen LogP contribution in [0.3, 0.4) is 0 Å². The zero-order valence-electron chi connectivity index (χ0n) is 9.65. The van der Waals surface area contributed by atoms with Crippen LogP contribution >= 0.6 is 0 Å². The van der Waals surface area contributed by atoms with Crippen molar-refractivity contribution in [1.82, 2.24) is 25.1 Å². The molecule has 0 bridgehead atoms. The van der Waals surface area contributed by atoms with Crippen LogP contribution in [-0.2, 0) is 12.0 Å². The van der Waals surface area contributed by atoms with Gasteiger partial charge in [0.25, 0.3) is 0 Å². The summed E-state index contributed by atoms with van der Waals surface area (Å²) in [6.45, 7) is 8.14. The largest absolute Gasteiger partial charge is 0.308 e. The van der Waals surface area contributed by atoms with Crippen molar-refractivity contribution in [2.24, 2.45) is 0 Å². The standard InChI is InChI=1S/C9H19N5/c1-9(2,3)8-10-11-12-14(8)7-6-13(4)5/h6-7H2,1-5H3. The monoisotopic (exact) mass is 197 g/mol. The van der Waals surface area contributed by atoms with Crippen molar-refractivity contribution in [1.29, 1.82) is 0 Å². The summed E-state index contributed by atoms with van der Waals surface area (Å²) in [4.78, 5) is 2.12. The molecule has 0 N–H and O–H groups in total. The first kappa shape index (κ1) is 11.1. The van der Waals surface area contributed by atoms with E-state index in [0.717, 1.165) is 18.9 Å². The van der Waals surface area contributed by atoms with Crippen molar-refractivity contribution in [3.05, 3.63) is 5.82 Å². The van der Waals surface area contributed by atoms with E-state index in [9.17, 15) is 0 Å². The van der Waals surface area contributed by atoms with Crippen molar-refractivity contribution in [3.63, 3.8) is 0 Å². The molecule has 0 fully saturated rings. The lowest BCUT2D eigenvalue weighted by atomic mass is 9.96. The van der Waals surface area contributed by atoms with Crippen LogP contribution < -0.4 is 0 Å². The summed E-state index contributed by atoms with van der Waals surface area (Å²) < 4.78 is 1.88. The minimum atomic E-state index is 0.00973. The normalized spacial score (nSPS) is 12.4. The van der Waals surface area contributed by atoms with Gasteiger partial charge in [-0.05, 0) is 24.5 Å². The molecule has 0 radical (unpaired) electrons. The molecule has 80 valence electrons. The van der Waals surface area contributed by atoms with Crippen LogP contribution in [0.25, 0.3) is 0 Å². The van der Waals surface area contributed by atoms with Gasteiger partial charge in [-0.1, -0.05) is 20.8 Å². The number of hydrogen-bond acceptors (Lipinski definition) is 4. The van der Waals surface area contributed by atoms with Gasteiger partial charge in [0, 0.05) is 12.0 Å². The highest BCUT2D eigenvalue weighted by molar-refractivity contribution is 4.98. The number of aromatic nitrogens is 4. The van der Waals surface area contributed by atoms with Crippen LogP contribution in [-0.4, -0.2) is 45.7 Å². The lowest BCUT2D eigenvalue weighted by Crippen LogP contribution is -2.24. The van der Waals surface area contributed by atoms with Crippen LogP contribution in [0.15, 0.2) is 0 Å². The number of tetrazole rings is 1. The third kappa shape index (κ3) is 2.77. The second kappa shape index (κ2) is 4.04. The van der Waals surface area contributed by atoms with E-state index in [1.54, 1.807) is 0 Å². The predicted molar refractivity (Wildman–Crippen MR) is 55.1 cm³/mol. The highest BCUT2D eigenvalue weighted by Crippen LogP contribution is 2.18. The molecule has 0 saturated heterocycles. The molecule has 0 aliphatic heterocycles. The molecular weight excluding hydrogens is 178 g/mol.